The van der Waals surface area contributed by atoms with E-state index in [1.54, 1.807) is 4.68 Å². The van der Waals surface area contributed by atoms with Crippen molar-refractivity contribution >= 4 is 27.7 Å². The first-order chi connectivity index (χ1) is 17.4. The van der Waals surface area contributed by atoms with Crippen molar-refractivity contribution in [1.29, 1.82) is 0 Å². The van der Waals surface area contributed by atoms with Crippen LogP contribution in [0.1, 0.15) is 34.8 Å². The third-order valence-corrected chi connectivity index (χ3v) is 6.84. The second kappa shape index (κ2) is 9.31. The van der Waals surface area contributed by atoms with Crippen LogP contribution >= 0.6 is 0 Å². The number of pyridine rings is 1. The summed E-state index contributed by atoms with van der Waals surface area (Å²) in [5.41, 5.74) is -2.23. The van der Waals surface area contributed by atoms with Gasteiger partial charge in [-0.25, -0.2) is 0 Å². The molecule has 5 rings (SSSR count). The van der Waals surface area contributed by atoms with Crippen molar-refractivity contribution in [1.82, 2.24) is 24.6 Å². The highest BCUT2D eigenvalue weighted by Crippen LogP contribution is 2.37. The van der Waals surface area contributed by atoms with Gasteiger partial charge in [-0.2, -0.15) is 31.4 Å². The van der Waals surface area contributed by atoms with Gasteiger partial charge in [0.05, 0.1) is 46.3 Å². The van der Waals surface area contributed by atoms with Crippen LogP contribution in [0.4, 0.5) is 26.3 Å². The normalized spacial score (nSPS) is 18.7. The lowest BCUT2D eigenvalue weighted by Crippen LogP contribution is -2.51. The zero-order valence-corrected chi connectivity index (χ0v) is 19.5. The second-order valence-electron chi connectivity index (χ2n) is 9.27. The van der Waals surface area contributed by atoms with E-state index in [4.69, 9.17) is 4.74 Å². The van der Waals surface area contributed by atoms with Gasteiger partial charge in [0, 0.05) is 44.8 Å². The summed E-state index contributed by atoms with van der Waals surface area (Å²) < 4.78 is 87.2. The van der Waals surface area contributed by atoms with Crippen molar-refractivity contribution in [2.45, 2.75) is 31.2 Å². The number of hydrogen-bond acceptors (Lipinski definition) is 5. The number of aromatic nitrogens is 3. The molecule has 1 aromatic carbocycles. The van der Waals surface area contributed by atoms with E-state index < -0.39 is 41.5 Å². The molecule has 3 aromatic rings. The van der Waals surface area contributed by atoms with Gasteiger partial charge < -0.3 is 14.6 Å². The van der Waals surface area contributed by atoms with Gasteiger partial charge in [-0.1, -0.05) is 0 Å². The number of carbonyl (C=O) groups excluding carboxylic acids is 1. The highest BCUT2D eigenvalue weighted by atomic mass is 19.4. The lowest BCUT2D eigenvalue weighted by molar-refractivity contribution is -0.148. The number of piperazine rings is 1. The maximum atomic E-state index is 14.0. The number of benzene rings is 1. The molecule has 0 radical (unpaired) electrons. The molecule has 1 N–H and O–H groups in total. The molecule has 0 saturated carbocycles. The number of ether oxygens (including phenoxy) is 1. The Labute approximate surface area is 205 Å². The zero-order chi connectivity index (χ0) is 26.5. The summed E-state index contributed by atoms with van der Waals surface area (Å²) in [7, 11) is 0. The first-order valence-corrected chi connectivity index (χ1v) is 11.7. The number of nitrogens with zero attached hydrogens (tertiary/aromatic N) is 4. The lowest BCUT2D eigenvalue weighted by atomic mass is 10.00. The van der Waals surface area contributed by atoms with E-state index in [0.717, 1.165) is 21.9 Å². The van der Waals surface area contributed by atoms with E-state index in [2.05, 4.69) is 10.1 Å². The number of amides is 1. The lowest BCUT2D eigenvalue weighted by Gasteiger charge is -2.35. The summed E-state index contributed by atoms with van der Waals surface area (Å²) in [6, 6.07) is 1.71. The van der Waals surface area contributed by atoms with Crippen molar-refractivity contribution in [3.63, 3.8) is 0 Å². The summed E-state index contributed by atoms with van der Waals surface area (Å²) in [6.45, 7) is -0.746. The predicted molar refractivity (Wildman–Crippen MR) is 120 cm³/mol. The third kappa shape index (κ3) is 5.04. The van der Waals surface area contributed by atoms with Gasteiger partial charge in [-0.15, -0.1) is 0 Å². The number of carbonyl (C=O) groups is 1. The maximum absolute atomic E-state index is 14.0. The van der Waals surface area contributed by atoms with Crippen LogP contribution in [-0.2, 0) is 10.9 Å². The Balaban J connectivity index is 1.59. The molecule has 1 amide bonds. The molecule has 0 aliphatic carbocycles. The molecular weight excluding hydrogens is 508 g/mol. The zero-order valence-electron chi connectivity index (χ0n) is 19.5. The molecule has 0 bridgehead atoms. The summed E-state index contributed by atoms with van der Waals surface area (Å²) in [5.74, 6) is -0.933. The van der Waals surface area contributed by atoms with Gasteiger partial charge in [0.25, 0.3) is 11.5 Å². The Bertz CT molecular complexity index is 1380. The number of H-pyrrole nitrogens is 1. The molecule has 2 aliphatic heterocycles. The van der Waals surface area contributed by atoms with E-state index >= 15 is 0 Å². The van der Waals surface area contributed by atoms with Gasteiger partial charge in [-0.05, 0) is 25.0 Å². The van der Waals surface area contributed by atoms with Gasteiger partial charge in [0.2, 0.25) is 0 Å². The van der Waals surface area contributed by atoms with Crippen molar-refractivity contribution in [2.24, 2.45) is 0 Å². The van der Waals surface area contributed by atoms with Crippen LogP contribution in [0.3, 0.4) is 0 Å². The quantitative estimate of drug-likeness (QED) is 0.523. The molecule has 2 aromatic heterocycles. The minimum Gasteiger partial charge on any atom is -0.381 e. The number of nitrogens with one attached hydrogen (secondary N) is 1. The molecule has 14 heteroatoms. The number of rotatable bonds is 3. The molecule has 2 fully saturated rings. The van der Waals surface area contributed by atoms with Gasteiger partial charge in [0.1, 0.15) is 0 Å². The summed E-state index contributed by atoms with van der Waals surface area (Å²) in [6.07, 6.45) is -6.78. The summed E-state index contributed by atoms with van der Waals surface area (Å²) >= 11 is 0. The molecule has 0 unspecified atom stereocenters. The van der Waals surface area contributed by atoms with Crippen LogP contribution in [0.15, 0.2) is 23.1 Å². The second-order valence-corrected chi connectivity index (χ2v) is 9.27. The van der Waals surface area contributed by atoms with E-state index in [-0.39, 0.29) is 48.5 Å². The third-order valence-electron chi connectivity index (χ3n) is 6.84. The molecule has 8 nitrogen and oxygen atoms in total. The number of fused-ring (bicyclic) bond motifs is 3. The van der Waals surface area contributed by atoms with E-state index in [1.807, 2.05) is 0 Å². The standard InChI is InChI=1S/C23H23F6N5O3/c24-22(25,26)12-32-3-5-33(6-4-32)21(36)14-9-15-18(10-17(14)23(27,28)29)31-20(35)16-11-30-34(19(15)16)13-1-7-37-8-2-13/h9-11,13H,1-8,12H2,(H,31,35). The average molecular weight is 531 g/mol. The summed E-state index contributed by atoms with van der Waals surface area (Å²) in [4.78, 5) is 30.7. The molecule has 0 atom stereocenters. The van der Waals surface area contributed by atoms with Crippen LogP contribution in [0.25, 0.3) is 21.8 Å². The Morgan fingerprint density at radius 3 is 2.32 bits per heavy atom. The number of aromatic amines is 1. The van der Waals surface area contributed by atoms with Crippen LogP contribution < -0.4 is 5.56 Å². The highest BCUT2D eigenvalue weighted by molar-refractivity contribution is 6.08. The van der Waals surface area contributed by atoms with Crippen LogP contribution in [0.5, 0.6) is 0 Å². The molecule has 2 aliphatic rings. The Hall–Kier alpha value is -3.13. The minimum absolute atomic E-state index is 0.0924. The van der Waals surface area contributed by atoms with Crippen LogP contribution in [0, 0.1) is 0 Å². The minimum atomic E-state index is -4.91. The fraction of sp³-hybridized carbons (Fsp3) is 0.522. The van der Waals surface area contributed by atoms with Crippen LogP contribution in [-0.4, -0.2) is 82.6 Å². The molecule has 4 heterocycles. The van der Waals surface area contributed by atoms with Crippen molar-refractivity contribution < 1.29 is 35.9 Å². The molecule has 37 heavy (non-hydrogen) atoms. The monoisotopic (exact) mass is 531 g/mol. The fourth-order valence-corrected chi connectivity index (χ4v) is 5.04. The first kappa shape index (κ1) is 25.5. The van der Waals surface area contributed by atoms with Gasteiger partial charge in [-0.3, -0.25) is 19.2 Å². The Kier molecular flexibility index (Phi) is 6.42. The predicted octanol–water partition coefficient (Wildman–Crippen LogP) is 3.57. The first-order valence-electron chi connectivity index (χ1n) is 11.7. The van der Waals surface area contributed by atoms with E-state index in [9.17, 15) is 35.9 Å². The van der Waals surface area contributed by atoms with Crippen molar-refractivity contribution in [3.8, 4) is 0 Å². The average Bonchev–Trinajstić information content (AvgIpc) is 3.29. The van der Waals surface area contributed by atoms with Gasteiger partial charge in [0.15, 0.2) is 0 Å². The maximum Gasteiger partial charge on any atom is 0.417 e. The molecule has 2 saturated heterocycles. The molecular formula is C23H23F6N5O3. The van der Waals surface area contributed by atoms with Crippen molar-refractivity contribution in [2.75, 3.05) is 45.9 Å². The van der Waals surface area contributed by atoms with Gasteiger partial charge >= 0.3 is 12.4 Å². The van der Waals surface area contributed by atoms with Crippen molar-refractivity contribution in [3.05, 3.63) is 39.8 Å². The Morgan fingerprint density at radius 1 is 1.03 bits per heavy atom. The van der Waals surface area contributed by atoms with Crippen LogP contribution in [0.2, 0.25) is 0 Å². The molecule has 200 valence electrons. The Morgan fingerprint density at radius 2 is 1.70 bits per heavy atom. The SMILES string of the molecule is O=C(c1cc2c(cc1C(F)(F)F)[nH]c(=O)c1cnn(C3CCOCC3)c12)N1CCN(CC(F)(F)F)CC1. The molecule has 0 spiro atoms. The number of hydrogen-bond donors (Lipinski definition) is 1. The fourth-order valence-electron chi connectivity index (χ4n) is 5.04. The van der Waals surface area contributed by atoms with E-state index in [0.29, 0.717) is 31.6 Å². The van der Waals surface area contributed by atoms with E-state index in [1.165, 1.54) is 6.20 Å². The highest BCUT2D eigenvalue weighted by Gasteiger charge is 2.39. The smallest absolute Gasteiger partial charge is 0.381 e. The number of alkyl halides is 6. The largest absolute Gasteiger partial charge is 0.417 e. The topological polar surface area (TPSA) is 83.5 Å². The number of halogens is 6. The summed E-state index contributed by atoms with van der Waals surface area (Å²) in [5, 5.41) is 4.74.